The van der Waals surface area contributed by atoms with E-state index >= 15 is 0 Å². The number of carbonyl (C=O) groups is 1. The van der Waals surface area contributed by atoms with Crippen molar-refractivity contribution < 1.29 is 9.53 Å². The van der Waals surface area contributed by atoms with Gasteiger partial charge in [-0.2, -0.15) is 4.98 Å². The van der Waals surface area contributed by atoms with Crippen LogP contribution < -0.4 is 4.74 Å². The molecule has 1 aromatic heterocycles. The summed E-state index contributed by atoms with van der Waals surface area (Å²) >= 11 is 0. The van der Waals surface area contributed by atoms with Gasteiger partial charge >= 0.3 is 0 Å². The van der Waals surface area contributed by atoms with Crippen LogP contribution in [0.2, 0.25) is 0 Å². The highest BCUT2D eigenvalue weighted by Crippen LogP contribution is 2.38. The third kappa shape index (κ3) is 2.07. The molecule has 0 aliphatic heterocycles. The Kier molecular flexibility index (Phi) is 2.55. The quantitative estimate of drug-likeness (QED) is 0.855. The zero-order valence-corrected chi connectivity index (χ0v) is 11.0. The number of ether oxygens (including phenoxy) is 1. The smallest absolute Gasteiger partial charge is 0.222 e. The molecule has 0 N–H and O–H groups in total. The van der Waals surface area contributed by atoms with Crippen LogP contribution in [-0.4, -0.2) is 15.8 Å². The van der Waals surface area contributed by atoms with Crippen molar-refractivity contribution in [3.63, 3.8) is 0 Å². The molecule has 2 aromatic rings. The van der Waals surface area contributed by atoms with Crippen molar-refractivity contribution in [3.05, 3.63) is 47.4 Å². The average Bonchev–Trinajstić information content (AvgIpc) is 3.25. The van der Waals surface area contributed by atoms with Crippen LogP contribution in [0.15, 0.2) is 30.5 Å². The maximum absolute atomic E-state index is 11.6. The third-order valence-corrected chi connectivity index (χ3v) is 3.81. The molecule has 4 nitrogen and oxygen atoms in total. The summed E-state index contributed by atoms with van der Waals surface area (Å²) in [6.07, 6.45) is 5.50. The number of nitrogens with zero attached hydrogens (tertiary/aromatic N) is 2. The maximum Gasteiger partial charge on any atom is 0.222 e. The Morgan fingerprint density at radius 1 is 1.15 bits per heavy atom. The van der Waals surface area contributed by atoms with Crippen molar-refractivity contribution in [3.8, 4) is 11.6 Å². The van der Waals surface area contributed by atoms with Crippen LogP contribution in [0.3, 0.4) is 0 Å². The van der Waals surface area contributed by atoms with Crippen LogP contribution in [0.1, 0.15) is 46.9 Å². The molecule has 0 spiro atoms. The molecule has 0 radical (unpaired) electrons. The van der Waals surface area contributed by atoms with Crippen LogP contribution >= 0.6 is 0 Å². The lowest BCUT2D eigenvalue weighted by Crippen LogP contribution is -1.96. The van der Waals surface area contributed by atoms with Gasteiger partial charge in [0.05, 0.1) is 0 Å². The number of ketones is 1. The first-order chi connectivity index (χ1) is 9.79. The Labute approximate surface area is 116 Å². The number of aryl methyl sites for hydroxylation is 1. The molecule has 100 valence electrons. The molecule has 0 bridgehead atoms. The fraction of sp³-hybridized carbons (Fsp3) is 0.312. The number of rotatable bonds is 3. The molecule has 0 saturated heterocycles. The van der Waals surface area contributed by atoms with E-state index in [0.29, 0.717) is 18.2 Å². The zero-order chi connectivity index (χ0) is 13.5. The van der Waals surface area contributed by atoms with Crippen LogP contribution in [0.25, 0.3) is 0 Å². The fourth-order valence-corrected chi connectivity index (χ4v) is 2.57. The van der Waals surface area contributed by atoms with Gasteiger partial charge in [-0.3, -0.25) is 4.79 Å². The number of hydrogen-bond donors (Lipinski definition) is 0. The van der Waals surface area contributed by atoms with Gasteiger partial charge in [0, 0.05) is 30.2 Å². The predicted molar refractivity (Wildman–Crippen MR) is 73.2 cm³/mol. The average molecular weight is 266 g/mol. The van der Waals surface area contributed by atoms with Gasteiger partial charge in [-0.05, 0) is 43.0 Å². The van der Waals surface area contributed by atoms with Crippen molar-refractivity contribution in [1.82, 2.24) is 9.97 Å². The molecule has 0 atom stereocenters. The lowest BCUT2D eigenvalue weighted by molar-refractivity contribution is 0.0994. The van der Waals surface area contributed by atoms with E-state index in [9.17, 15) is 4.79 Å². The van der Waals surface area contributed by atoms with Crippen molar-refractivity contribution in [1.29, 1.82) is 0 Å². The summed E-state index contributed by atoms with van der Waals surface area (Å²) < 4.78 is 5.80. The molecule has 4 heteroatoms. The number of carbonyl (C=O) groups excluding carboxylic acids is 1. The number of benzene rings is 1. The van der Waals surface area contributed by atoms with Crippen LogP contribution in [-0.2, 0) is 6.42 Å². The van der Waals surface area contributed by atoms with E-state index in [1.165, 1.54) is 12.8 Å². The zero-order valence-electron chi connectivity index (χ0n) is 11.0. The van der Waals surface area contributed by atoms with Crippen molar-refractivity contribution in [2.75, 3.05) is 0 Å². The van der Waals surface area contributed by atoms with E-state index in [4.69, 9.17) is 4.74 Å². The normalized spacial score (nSPS) is 17.1. The number of fused-ring (bicyclic) bond motifs is 1. The molecule has 0 unspecified atom stereocenters. The van der Waals surface area contributed by atoms with Gasteiger partial charge < -0.3 is 4.74 Å². The van der Waals surface area contributed by atoms with Crippen molar-refractivity contribution in [2.24, 2.45) is 0 Å². The van der Waals surface area contributed by atoms with E-state index in [-0.39, 0.29) is 5.78 Å². The predicted octanol–water partition coefficient (Wildman–Crippen LogP) is 3.28. The standard InChI is InChI=1S/C16H14N2O2/c19-14-6-3-11-9-12(4-5-13(11)14)20-15-7-8-17-16(18-15)10-1-2-10/h4-5,7-10H,1-3,6H2. The first-order valence-electron chi connectivity index (χ1n) is 6.96. The van der Waals surface area contributed by atoms with E-state index in [0.717, 1.165) is 29.1 Å². The lowest BCUT2D eigenvalue weighted by Gasteiger charge is -2.07. The first-order valence-corrected chi connectivity index (χ1v) is 6.96. The van der Waals surface area contributed by atoms with Gasteiger partial charge in [-0.25, -0.2) is 4.98 Å². The largest absolute Gasteiger partial charge is 0.439 e. The molecule has 4 rings (SSSR count). The number of hydrogen-bond acceptors (Lipinski definition) is 4. The summed E-state index contributed by atoms with van der Waals surface area (Å²) in [6.45, 7) is 0. The van der Waals surface area contributed by atoms with Crippen LogP contribution in [0.4, 0.5) is 0 Å². The monoisotopic (exact) mass is 266 g/mol. The van der Waals surface area contributed by atoms with Gasteiger partial charge in [0.15, 0.2) is 5.78 Å². The summed E-state index contributed by atoms with van der Waals surface area (Å²) in [5.74, 6) is 2.92. The SMILES string of the molecule is O=C1CCc2cc(Oc3ccnc(C4CC4)n3)ccc21. The summed E-state index contributed by atoms with van der Waals surface area (Å²) in [7, 11) is 0. The molecule has 2 aliphatic rings. The minimum absolute atomic E-state index is 0.226. The molecule has 1 heterocycles. The molecule has 20 heavy (non-hydrogen) atoms. The molecule has 1 fully saturated rings. The second kappa shape index (κ2) is 4.40. The van der Waals surface area contributed by atoms with Gasteiger partial charge in [0.2, 0.25) is 5.88 Å². The second-order valence-electron chi connectivity index (χ2n) is 5.37. The lowest BCUT2D eigenvalue weighted by atomic mass is 10.1. The third-order valence-electron chi connectivity index (χ3n) is 3.81. The highest BCUT2D eigenvalue weighted by atomic mass is 16.5. The van der Waals surface area contributed by atoms with Gasteiger partial charge in [0.1, 0.15) is 11.6 Å². The van der Waals surface area contributed by atoms with Crippen molar-refractivity contribution >= 4 is 5.78 Å². The minimum Gasteiger partial charge on any atom is -0.439 e. The summed E-state index contributed by atoms with van der Waals surface area (Å²) in [5.41, 5.74) is 1.91. The summed E-state index contributed by atoms with van der Waals surface area (Å²) in [5, 5.41) is 0. The van der Waals surface area contributed by atoms with Gasteiger partial charge in [0.25, 0.3) is 0 Å². The van der Waals surface area contributed by atoms with E-state index < -0.39 is 0 Å². The highest BCUT2D eigenvalue weighted by Gasteiger charge is 2.26. The second-order valence-corrected chi connectivity index (χ2v) is 5.37. The molecular formula is C16H14N2O2. The fourth-order valence-electron chi connectivity index (χ4n) is 2.57. The van der Waals surface area contributed by atoms with Gasteiger partial charge in [-0.1, -0.05) is 0 Å². The molecule has 1 aromatic carbocycles. The maximum atomic E-state index is 11.6. The Hall–Kier alpha value is -2.23. The van der Waals surface area contributed by atoms with Crippen molar-refractivity contribution in [2.45, 2.75) is 31.6 Å². The highest BCUT2D eigenvalue weighted by molar-refractivity contribution is 6.00. The molecule has 1 saturated carbocycles. The van der Waals surface area contributed by atoms with Crippen LogP contribution in [0.5, 0.6) is 11.6 Å². The van der Waals surface area contributed by atoms with E-state index in [1.54, 1.807) is 12.3 Å². The number of aromatic nitrogens is 2. The Morgan fingerprint density at radius 3 is 2.90 bits per heavy atom. The minimum atomic E-state index is 0.226. The Bertz CT molecular complexity index is 693. The summed E-state index contributed by atoms with van der Waals surface area (Å²) in [4.78, 5) is 20.3. The topological polar surface area (TPSA) is 52.1 Å². The molecule has 2 aliphatic carbocycles. The van der Waals surface area contributed by atoms with E-state index in [1.807, 2.05) is 18.2 Å². The summed E-state index contributed by atoms with van der Waals surface area (Å²) in [6, 6.07) is 7.40. The first kappa shape index (κ1) is 11.6. The van der Waals surface area contributed by atoms with Crippen LogP contribution in [0, 0.1) is 0 Å². The Balaban J connectivity index is 1.59. The van der Waals surface area contributed by atoms with Gasteiger partial charge in [-0.15, -0.1) is 0 Å². The Morgan fingerprint density at radius 2 is 2.05 bits per heavy atom. The molecule has 0 amide bonds. The van der Waals surface area contributed by atoms with E-state index in [2.05, 4.69) is 9.97 Å². The molecular weight excluding hydrogens is 252 g/mol. The number of Topliss-reactive ketones (excluding diaryl/α,β-unsaturated/α-hetero) is 1.